The van der Waals surface area contributed by atoms with Gasteiger partial charge in [0.05, 0.1) is 0 Å². The Bertz CT molecular complexity index is 1060. The van der Waals surface area contributed by atoms with Crippen LogP contribution in [0.4, 0.5) is 0 Å². The first-order valence-corrected chi connectivity index (χ1v) is 15.6. The average Bonchev–Trinajstić information content (AvgIpc) is 3.16. The van der Waals surface area contributed by atoms with Crippen LogP contribution in [0.3, 0.4) is 0 Å². The van der Waals surface area contributed by atoms with E-state index in [9.17, 15) is 4.79 Å². The number of hydrogen-bond donors (Lipinski definition) is 0. The van der Waals surface area contributed by atoms with Crippen molar-refractivity contribution in [3.63, 3.8) is 0 Å². The predicted molar refractivity (Wildman–Crippen MR) is 155 cm³/mol. The number of nitrogens with zero attached hydrogens (tertiary/aromatic N) is 2. The number of halogens is 1. The third-order valence-corrected chi connectivity index (χ3v) is 12.3. The Morgan fingerprint density at radius 1 is 0.974 bits per heavy atom. The molecule has 4 nitrogen and oxygen atoms in total. The van der Waals surface area contributed by atoms with Gasteiger partial charge in [-0.15, -0.1) is 0 Å². The maximum atomic E-state index is 12.3. The lowest BCUT2D eigenvalue weighted by molar-refractivity contribution is -0.160. The molecule has 4 aliphatic carbocycles. The Labute approximate surface area is 235 Å². The maximum absolute atomic E-state index is 12.3. The van der Waals surface area contributed by atoms with E-state index in [1.165, 1.54) is 76.7 Å². The summed E-state index contributed by atoms with van der Waals surface area (Å²) in [5.41, 5.74) is 2.96. The first-order chi connectivity index (χ1) is 18.2. The highest BCUT2D eigenvalue weighted by molar-refractivity contribution is 6.30. The fourth-order valence-electron chi connectivity index (χ4n) is 9.88. The molecule has 5 aliphatic rings. The predicted octanol–water partition coefficient (Wildman–Crippen LogP) is 6.92. The van der Waals surface area contributed by atoms with Crippen molar-refractivity contribution in [1.29, 1.82) is 0 Å². The van der Waals surface area contributed by atoms with Gasteiger partial charge in [0, 0.05) is 49.6 Å². The Hall–Kier alpha value is -1.36. The van der Waals surface area contributed by atoms with E-state index >= 15 is 0 Å². The van der Waals surface area contributed by atoms with Gasteiger partial charge in [0.15, 0.2) is 0 Å². The highest BCUT2D eigenvalue weighted by atomic mass is 35.5. The molecule has 4 unspecified atom stereocenters. The van der Waals surface area contributed by atoms with Crippen LogP contribution < -0.4 is 0 Å². The van der Waals surface area contributed by atoms with E-state index in [1.807, 2.05) is 12.1 Å². The summed E-state index contributed by atoms with van der Waals surface area (Å²) in [7, 11) is 2.26. The number of fused-ring (bicyclic) bond motifs is 5. The molecule has 1 aliphatic heterocycles. The summed E-state index contributed by atoms with van der Waals surface area (Å²) in [4.78, 5) is 17.6. The average molecular weight is 539 g/mol. The van der Waals surface area contributed by atoms with Gasteiger partial charge in [-0.3, -0.25) is 9.69 Å². The Kier molecular flexibility index (Phi) is 7.23. The van der Waals surface area contributed by atoms with Crippen LogP contribution in [0.15, 0.2) is 29.8 Å². The molecule has 0 aromatic heterocycles. The van der Waals surface area contributed by atoms with E-state index in [4.69, 9.17) is 16.3 Å². The fourth-order valence-corrected chi connectivity index (χ4v) is 10.0. The monoisotopic (exact) mass is 538 g/mol. The Morgan fingerprint density at radius 3 is 2.39 bits per heavy atom. The topological polar surface area (TPSA) is 32.8 Å². The van der Waals surface area contributed by atoms with Gasteiger partial charge in [0.1, 0.15) is 6.10 Å². The molecule has 0 bridgehead atoms. The number of esters is 1. The van der Waals surface area contributed by atoms with Crippen LogP contribution in [-0.4, -0.2) is 61.1 Å². The van der Waals surface area contributed by atoms with Crippen LogP contribution in [0.25, 0.3) is 6.08 Å². The van der Waals surface area contributed by atoms with Crippen molar-refractivity contribution in [3.8, 4) is 0 Å². The van der Waals surface area contributed by atoms with Gasteiger partial charge in [-0.05, 0) is 111 Å². The lowest BCUT2D eigenvalue weighted by atomic mass is 9.45. The molecule has 1 heterocycles. The van der Waals surface area contributed by atoms with Gasteiger partial charge in [0.25, 0.3) is 0 Å². The summed E-state index contributed by atoms with van der Waals surface area (Å²) < 4.78 is 6.15. The summed E-state index contributed by atoms with van der Waals surface area (Å²) >= 11 is 6.16. The first kappa shape index (κ1) is 26.8. The standard InChI is InChI=1S/C33H47ClN2O2/c1-22(37)38-31-24(19-23-5-8-26(34)9-6-23)20-30-28-10-7-25-21-27(36-17-15-35(4)16-18-36)11-13-32(25,2)29(28)12-14-33(30,31)3/h5-6,8-9,19,25,27-31H,7,10-18,20-21H2,1-4H3/b24-19+/t25?,27-,28?,29?,30?,31-,32-,33-/m0/s1. The highest BCUT2D eigenvalue weighted by Gasteiger charge is 2.62. The molecule has 1 saturated heterocycles. The van der Waals surface area contributed by atoms with Gasteiger partial charge in [-0.25, -0.2) is 0 Å². The van der Waals surface area contributed by atoms with Crippen LogP contribution in [0.5, 0.6) is 0 Å². The summed E-state index contributed by atoms with van der Waals surface area (Å²) in [5, 5.41) is 0.755. The quantitative estimate of drug-likeness (QED) is 0.391. The number of benzene rings is 1. The summed E-state index contributed by atoms with van der Waals surface area (Å²) in [6, 6.07) is 8.86. The number of ether oxygens (including phenoxy) is 1. The largest absolute Gasteiger partial charge is 0.457 e. The van der Waals surface area contributed by atoms with Gasteiger partial charge < -0.3 is 9.64 Å². The van der Waals surface area contributed by atoms with Gasteiger partial charge in [-0.2, -0.15) is 0 Å². The molecule has 0 spiro atoms. The summed E-state index contributed by atoms with van der Waals surface area (Å²) in [6.07, 6.45) is 12.6. The van der Waals surface area contributed by atoms with Crippen LogP contribution in [-0.2, 0) is 9.53 Å². The molecular formula is C33H47ClN2O2. The molecule has 1 aromatic rings. The van der Waals surface area contributed by atoms with E-state index < -0.39 is 0 Å². The third kappa shape index (κ3) is 4.67. The molecule has 0 N–H and O–H groups in total. The second-order valence-electron chi connectivity index (χ2n) is 13.9. The molecule has 1 aromatic carbocycles. The number of piperazine rings is 1. The van der Waals surface area contributed by atoms with Crippen molar-refractivity contribution >= 4 is 23.6 Å². The van der Waals surface area contributed by atoms with Gasteiger partial charge in [0.2, 0.25) is 0 Å². The smallest absolute Gasteiger partial charge is 0.303 e. The van der Waals surface area contributed by atoms with E-state index in [-0.39, 0.29) is 17.5 Å². The van der Waals surface area contributed by atoms with E-state index in [0.717, 1.165) is 40.8 Å². The lowest BCUT2D eigenvalue weighted by Crippen LogP contribution is -2.57. The molecule has 208 valence electrons. The van der Waals surface area contributed by atoms with Crippen molar-refractivity contribution in [2.24, 2.45) is 34.5 Å². The minimum Gasteiger partial charge on any atom is -0.457 e. The maximum Gasteiger partial charge on any atom is 0.303 e. The van der Waals surface area contributed by atoms with E-state index in [1.54, 1.807) is 6.92 Å². The lowest BCUT2D eigenvalue weighted by Gasteiger charge is -2.61. The highest BCUT2D eigenvalue weighted by Crippen LogP contribution is 2.67. The SMILES string of the molecule is CC(=O)O[C@H]1/C(=C/c2ccc(Cl)cc2)CC2C3CCC4C[C@@H](N5CCN(C)CC5)CC[C@]4(C)C3CC[C@@]21C. The second-order valence-corrected chi connectivity index (χ2v) is 14.4. The van der Waals surface area contributed by atoms with Crippen molar-refractivity contribution in [3.05, 3.63) is 40.4 Å². The van der Waals surface area contributed by atoms with Crippen LogP contribution >= 0.6 is 11.6 Å². The van der Waals surface area contributed by atoms with Crippen LogP contribution in [0.2, 0.25) is 5.02 Å². The van der Waals surface area contributed by atoms with Crippen LogP contribution in [0, 0.1) is 34.5 Å². The Morgan fingerprint density at radius 2 is 1.68 bits per heavy atom. The second kappa shape index (κ2) is 10.2. The zero-order valence-electron chi connectivity index (χ0n) is 23.9. The van der Waals surface area contributed by atoms with Gasteiger partial charge in [-0.1, -0.05) is 43.7 Å². The Balaban J connectivity index is 1.23. The minimum atomic E-state index is -0.154. The number of likely N-dealkylation sites (N-methyl/N-ethyl adjacent to an activating group) is 1. The van der Waals surface area contributed by atoms with Crippen molar-refractivity contribution in [1.82, 2.24) is 9.80 Å². The molecular weight excluding hydrogens is 492 g/mol. The zero-order valence-corrected chi connectivity index (χ0v) is 24.7. The first-order valence-electron chi connectivity index (χ1n) is 15.2. The number of carbonyl (C=O) groups excluding carboxylic acids is 1. The fraction of sp³-hybridized carbons (Fsp3) is 0.727. The normalized spacial score (nSPS) is 42.8. The molecule has 5 heteroatoms. The molecule has 38 heavy (non-hydrogen) atoms. The molecule has 8 atom stereocenters. The molecule has 0 radical (unpaired) electrons. The molecule has 4 saturated carbocycles. The molecule has 6 rings (SSSR count). The number of hydrogen-bond acceptors (Lipinski definition) is 4. The van der Waals surface area contributed by atoms with Crippen molar-refractivity contribution < 1.29 is 9.53 Å². The van der Waals surface area contributed by atoms with Gasteiger partial charge >= 0.3 is 5.97 Å². The number of carbonyl (C=O) groups is 1. The zero-order chi connectivity index (χ0) is 26.7. The summed E-state index contributed by atoms with van der Waals surface area (Å²) in [6.45, 7) is 11.6. The van der Waals surface area contributed by atoms with E-state index in [2.05, 4.69) is 48.9 Å². The molecule has 0 amide bonds. The van der Waals surface area contributed by atoms with Crippen molar-refractivity contribution in [2.45, 2.75) is 84.3 Å². The van der Waals surface area contributed by atoms with Crippen molar-refractivity contribution in [2.75, 3.05) is 33.2 Å². The molecule has 5 fully saturated rings. The van der Waals surface area contributed by atoms with Crippen LogP contribution in [0.1, 0.15) is 77.7 Å². The minimum absolute atomic E-state index is 0.0331. The van der Waals surface area contributed by atoms with E-state index in [0.29, 0.717) is 11.3 Å². The number of rotatable bonds is 3. The third-order valence-electron chi connectivity index (χ3n) is 12.0. The summed E-state index contributed by atoms with van der Waals surface area (Å²) in [5.74, 6) is 2.85.